The molecule has 1 N–H and O–H groups in total. The average molecular weight is 389 g/mol. The van der Waals surface area contributed by atoms with E-state index >= 15 is 0 Å². The van der Waals surface area contributed by atoms with Gasteiger partial charge in [-0.05, 0) is 31.2 Å². The maximum atomic E-state index is 13.3. The van der Waals surface area contributed by atoms with Crippen LogP contribution in [-0.2, 0) is 4.74 Å². The lowest BCUT2D eigenvalue weighted by molar-refractivity contribution is 0.0527. The highest BCUT2D eigenvalue weighted by atomic mass is 19.2. The summed E-state index contributed by atoms with van der Waals surface area (Å²) in [6.07, 6.45) is 0. The first-order valence-electron chi connectivity index (χ1n) is 9.01. The summed E-state index contributed by atoms with van der Waals surface area (Å²) in [7, 11) is 0. The Morgan fingerprint density at radius 2 is 1.75 bits per heavy atom. The minimum atomic E-state index is -1.02. The van der Waals surface area contributed by atoms with Crippen molar-refractivity contribution in [1.29, 1.82) is 0 Å². The van der Waals surface area contributed by atoms with E-state index < -0.39 is 11.6 Å². The zero-order chi connectivity index (χ0) is 20.1. The topological polar surface area (TPSA) is 61.9 Å². The fourth-order valence-electron chi connectivity index (χ4n) is 3.06. The maximum Gasteiger partial charge on any atom is 0.340 e. The molecule has 1 aliphatic rings. The van der Waals surface area contributed by atoms with E-state index in [1.54, 1.807) is 24.0 Å². The van der Waals surface area contributed by atoms with Crippen molar-refractivity contribution in [2.24, 2.45) is 0 Å². The Hall–Kier alpha value is -3.16. The Morgan fingerprint density at radius 1 is 1.04 bits per heavy atom. The second kappa shape index (κ2) is 8.69. The third kappa shape index (κ3) is 4.39. The van der Waals surface area contributed by atoms with E-state index in [4.69, 9.17) is 4.74 Å². The molecule has 0 bridgehead atoms. The molecule has 1 heterocycles. The van der Waals surface area contributed by atoms with Crippen LogP contribution < -0.4 is 10.2 Å². The van der Waals surface area contributed by atoms with Crippen LogP contribution in [0.3, 0.4) is 0 Å². The molecule has 1 aliphatic heterocycles. The van der Waals surface area contributed by atoms with Crippen LogP contribution in [0.4, 0.5) is 25.0 Å². The van der Waals surface area contributed by atoms with Crippen molar-refractivity contribution in [3.63, 3.8) is 0 Å². The Kier molecular flexibility index (Phi) is 6.08. The third-order valence-corrected chi connectivity index (χ3v) is 4.48. The number of piperazine rings is 1. The largest absolute Gasteiger partial charge is 0.462 e. The van der Waals surface area contributed by atoms with Gasteiger partial charge in [0.25, 0.3) is 0 Å². The number of amides is 2. The van der Waals surface area contributed by atoms with Gasteiger partial charge in [-0.25, -0.2) is 18.4 Å². The molecule has 0 saturated carbocycles. The quantitative estimate of drug-likeness (QED) is 0.813. The monoisotopic (exact) mass is 389 g/mol. The summed E-state index contributed by atoms with van der Waals surface area (Å²) < 4.78 is 31.4. The van der Waals surface area contributed by atoms with Gasteiger partial charge >= 0.3 is 12.0 Å². The zero-order valence-electron chi connectivity index (χ0n) is 15.5. The van der Waals surface area contributed by atoms with Crippen LogP contribution in [-0.4, -0.2) is 49.7 Å². The number of ether oxygens (including phenoxy) is 1. The van der Waals surface area contributed by atoms with E-state index in [0.29, 0.717) is 38.3 Å². The fraction of sp³-hybridized carbons (Fsp3) is 0.300. The molecule has 0 radical (unpaired) electrons. The molecule has 1 fully saturated rings. The first-order chi connectivity index (χ1) is 13.5. The smallest absolute Gasteiger partial charge is 0.340 e. The molecular formula is C20H21F2N3O3. The average Bonchev–Trinajstić information content (AvgIpc) is 2.71. The number of rotatable bonds is 4. The number of anilines is 2. The van der Waals surface area contributed by atoms with Crippen molar-refractivity contribution < 1.29 is 23.1 Å². The summed E-state index contributed by atoms with van der Waals surface area (Å²) >= 11 is 0. The fourth-order valence-corrected chi connectivity index (χ4v) is 3.06. The van der Waals surface area contributed by atoms with Gasteiger partial charge in [-0.15, -0.1) is 0 Å². The van der Waals surface area contributed by atoms with Crippen LogP contribution in [0.5, 0.6) is 0 Å². The van der Waals surface area contributed by atoms with Gasteiger partial charge in [0.05, 0.1) is 17.9 Å². The van der Waals surface area contributed by atoms with E-state index in [9.17, 15) is 18.4 Å². The number of urea groups is 1. The van der Waals surface area contributed by atoms with Crippen molar-refractivity contribution in [3.05, 3.63) is 59.7 Å². The lowest BCUT2D eigenvalue weighted by atomic mass is 10.1. The number of benzene rings is 2. The van der Waals surface area contributed by atoms with Crippen LogP contribution >= 0.6 is 0 Å². The summed E-state index contributed by atoms with van der Waals surface area (Å²) in [6.45, 7) is 3.96. The van der Waals surface area contributed by atoms with Crippen molar-refractivity contribution in [2.45, 2.75) is 6.92 Å². The second-order valence-electron chi connectivity index (χ2n) is 6.27. The number of hydrogen-bond acceptors (Lipinski definition) is 4. The zero-order valence-corrected chi connectivity index (χ0v) is 15.5. The van der Waals surface area contributed by atoms with Gasteiger partial charge < -0.3 is 19.9 Å². The van der Waals surface area contributed by atoms with Crippen molar-refractivity contribution in [3.8, 4) is 0 Å². The molecule has 0 aliphatic carbocycles. The highest BCUT2D eigenvalue weighted by Gasteiger charge is 2.24. The van der Waals surface area contributed by atoms with Gasteiger partial charge in [-0.1, -0.05) is 12.1 Å². The molecular weight excluding hydrogens is 368 g/mol. The minimum absolute atomic E-state index is 0.194. The first kappa shape index (κ1) is 19.6. The van der Waals surface area contributed by atoms with Crippen molar-refractivity contribution >= 4 is 23.4 Å². The molecule has 8 heteroatoms. The van der Waals surface area contributed by atoms with Gasteiger partial charge in [0.1, 0.15) is 0 Å². The number of hydrogen-bond donors (Lipinski definition) is 1. The molecule has 3 rings (SSSR count). The standard InChI is InChI=1S/C20H21F2N3O3/c1-2-28-19(26)15-5-3-4-6-18(15)24-9-11-25(12-10-24)20(27)23-14-7-8-16(21)17(22)13-14/h3-8,13H,2,9-12H2,1H3,(H,23,27). The number of carbonyl (C=O) groups excluding carboxylic acids is 2. The summed E-state index contributed by atoms with van der Waals surface area (Å²) in [5.41, 5.74) is 1.45. The molecule has 28 heavy (non-hydrogen) atoms. The van der Waals surface area contributed by atoms with Gasteiger partial charge in [0.2, 0.25) is 0 Å². The number of nitrogens with zero attached hydrogens (tertiary/aromatic N) is 2. The highest BCUT2D eigenvalue weighted by molar-refractivity contribution is 5.96. The third-order valence-electron chi connectivity index (χ3n) is 4.48. The Balaban J connectivity index is 1.62. The van der Waals surface area contributed by atoms with Crippen molar-refractivity contribution in [2.75, 3.05) is 43.0 Å². The molecule has 2 aromatic rings. The second-order valence-corrected chi connectivity index (χ2v) is 6.27. The molecule has 148 valence electrons. The number of halogens is 2. The lowest BCUT2D eigenvalue weighted by Gasteiger charge is -2.36. The van der Waals surface area contributed by atoms with Gasteiger partial charge in [0.15, 0.2) is 11.6 Å². The Labute approximate surface area is 161 Å². The van der Waals surface area contributed by atoms with Gasteiger partial charge in [-0.2, -0.15) is 0 Å². The SMILES string of the molecule is CCOC(=O)c1ccccc1N1CCN(C(=O)Nc2ccc(F)c(F)c2)CC1. The summed E-state index contributed by atoms with van der Waals surface area (Å²) in [5.74, 6) is -2.36. The summed E-state index contributed by atoms with van der Waals surface area (Å²) in [4.78, 5) is 28.1. The minimum Gasteiger partial charge on any atom is -0.462 e. The van der Waals surface area contributed by atoms with Crippen LogP contribution in [0.15, 0.2) is 42.5 Å². The van der Waals surface area contributed by atoms with E-state index in [-0.39, 0.29) is 17.7 Å². The number of carbonyl (C=O) groups is 2. The molecule has 2 amide bonds. The normalized spacial score (nSPS) is 14.0. The van der Waals surface area contributed by atoms with E-state index in [0.717, 1.165) is 17.8 Å². The number of esters is 1. The summed E-state index contributed by atoms with van der Waals surface area (Å²) in [5, 5.41) is 2.57. The number of para-hydroxylation sites is 1. The summed E-state index contributed by atoms with van der Waals surface area (Å²) in [6, 6.07) is 10.0. The molecule has 1 saturated heterocycles. The van der Waals surface area contributed by atoms with Gasteiger partial charge in [-0.3, -0.25) is 0 Å². The highest BCUT2D eigenvalue weighted by Crippen LogP contribution is 2.23. The van der Waals surface area contributed by atoms with E-state index in [1.807, 2.05) is 17.0 Å². The number of nitrogens with one attached hydrogen (secondary N) is 1. The molecule has 6 nitrogen and oxygen atoms in total. The van der Waals surface area contributed by atoms with Crippen LogP contribution in [0.25, 0.3) is 0 Å². The molecule has 0 unspecified atom stereocenters. The molecule has 0 aromatic heterocycles. The van der Waals surface area contributed by atoms with E-state index in [1.165, 1.54) is 6.07 Å². The molecule has 0 atom stereocenters. The Morgan fingerprint density at radius 3 is 2.43 bits per heavy atom. The van der Waals surface area contributed by atoms with Crippen molar-refractivity contribution in [1.82, 2.24) is 4.90 Å². The molecule has 0 spiro atoms. The van der Waals surface area contributed by atoms with E-state index in [2.05, 4.69) is 5.32 Å². The molecule has 2 aromatic carbocycles. The van der Waals surface area contributed by atoms with Gasteiger partial charge in [0, 0.05) is 37.9 Å². The van der Waals surface area contributed by atoms with Crippen LogP contribution in [0.2, 0.25) is 0 Å². The predicted octanol–water partition coefficient (Wildman–Crippen LogP) is 3.50. The Bertz CT molecular complexity index is 868. The van der Waals surface area contributed by atoms with Crippen LogP contribution in [0, 0.1) is 11.6 Å². The first-order valence-corrected chi connectivity index (χ1v) is 9.01. The maximum absolute atomic E-state index is 13.3. The van der Waals surface area contributed by atoms with Crippen LogP contribution in [0.1, 0.15) is 17.3 Å². The predicted molar refractivity (Wildman–Crippen MR) is 102 cm³/mol. The lowest BCUT2D eigenvalue weighted by Crippen LogP contribution is -2.50.